The molecule has 0 aliphatic heterocycles. The number of nitrogens with two attached hydrogens (primary N) is 1. The highest BCUT2D eigenvalue weighted by molar-refractivity contribution is 6.00. The number of aromatic nitrogens is 2. The lowest BCUT2D eigenvalue weighted by Crippen LogP contribution is -2.43. The molecule has 6 heteroatoms. The molecular formula is C14H15N3O3. The van der Waals surface area contributed by atoms with Crippen LogP contribution in [-0.4, -0.2) is 26.8 Å². The van der Waals surface area contributed by atoms with Crippen molar-refractivity contribution in [1.29, 1.82) is 0 Å². The van der Waals surface area contributed by atoms with Crippen LogP contribution in [0, 0.1) is 5.41 Å². The number of benzene rings is 1. The van der Waals surface area contributed by atoms with Crippen LogP contribution < -0.4 is 5.73 Å². The highest BCUT2D eigenvalue weighted by atomic mass is 16.4. The quantitative estimate of drug-likeness (QED) is 0.794. The Hall–Kier alpha value is -2.63. The standard InChI is InChI=1S/C14H15N3O3/c1-14(12(15)18,13(19)20)7-10-8-16-17(9-10)11-5-3-2-4-6-11/h2-6,8-9H,7H2,1H3,(H2,15,18)(H,19,20). The van der Waals surface area contributed by atoms with Gasteiger partial charge in [-0.3, -0.25) is 9.59 Å². The van der Waals surface area contributed by atoms with Crippen LogP contribution in [0.3, 0.4) is 0 Å². The maximum atomic E-state index is 11.4. The van der Waals surface area contributed by atoms with Gasteiger partial charge in [0.05, 0.1) is 11.9 Å². The number of nitrogens with zero attached hydrogens (tertiary/aromatic N) is 2. The Labute approximate surface area is 115 Å². The minimum absolute atomic E-state index is 0.00446. The Bertz CT molecular complexity index is 620. The predicted octanol–water partition coefficient (Wildman–Crippen LogP) is 0.991. The Morgan fingerprint density at radius 1 is 1.35 bits per heavy atom. The molecule has 0 aliphatic rings. The first-order valence-electron chi connectivity index (χ1n) is 6.06. The van der Waals surface area contributed by atoms with E-state index in [1.165, 1.54) is 13.1 Å². The van der Waals surface area contributed by atoms with Crippen LogP contribution in [0.2, 0.25) is 0 Å². The van der Waals surface area contributed by atoms with Gasteiger partial charge in [0.15, 0.2) is 0 Å². The van der Waals surface area contributed by atoms with Gasteiger partial charge in [-0.05, 0) is 24.6 Å². The summed E-state index contributed by atoms with van der Waals surface area (Å²) in [6.45, 7) is 1.32. The summed E-state index contributed by atoms with van der Waals surface area (Å²) in [5.41, 5.74) is 5.05. The zero-order chi connectivity index (χ0) is 14.8. The molecule has 0 saturated heterocycles. The number of carboxylic acid groups (broad SMARTS) is 1. The Morgan fingerprint density at radius 2 is 2.00 bits per heavy atom. The Kier molecular flexibility index (Phi) is 3.56. The third-order valence-electron chi connectivity index (χ3n) is 3.23. The SMILES string of the molecule is CC(Cc1cnn(-c2ccccc2)c1)(C(N)=O)C(=O)O. The zero-order valence-electron chi connectivity index (χ0n) is 11.0. The number of hydrogen-bond acceptors (Lipinski definition) is 3. The molecule has 6 nitrogen and oxygen atoms in total. The molecule has 0 spiro atoms. The molecule has 0 radical (unpaired) electrons. The molecule has 1 heterocycles. The molecule has 0 aliphatic carbocycles. The van der Waals surface area contributed by atoms with Crippen LogP contribution in [0.5, 0.6) is 0 Å². The lowest BCUT2D eigenvalue weighted by atomic mass is 9.84. The van der Waals surface area contributed by atoms with Crippen molar-refractivity contribution in [2.45, 2.75) is 13.3 Å². The summed E-state index contributed by atoms with van der Waals surface area (Å²) in [4.78, 5) is 22.6. The minimum atomic E-state index is -1.63. The van der Waals surface area contributed by atoms with Crippen LogP contribution >= 0.6 is 0 Å². The summed E-state index contributed by atoms with van der Waals surface area (Å²) in [5, 5.41) is 13.3. The normalized spacial score (nSPS) is 13.7. The summed E-state index contributed by atoms with van der Waals surface area (Å²) < 4.78 is 1.62. The molecule has 2 aromatic rings. The van der Waals surface area contributed by atoms with E-state index < -0.39 is 17.3 Å². The second kappa shape index (κ2) is 5.16. The summed E-state index contributed by atoms with van der Waals surface area (Å²) in [6, 6.07) is 9.40. The van der Waals surface area contributed by atoms with Gasteiger partial charge in [0.1, 0.15) is 5.41 Å². The average Bonchev–Trinajstić information content (AvgIpc) is 2.87. The molecule has 1 unspecified atom stereocenters. The van der Waals surface area contributed by atoms with E-state index in [0.717, 1.165) is 5.69 Å². The third kappa shape index (κ3) is 2.54. The lowest BCUT2D eigenvalue weighted by molar-refractivity contribution is -0.153. The molecule has 104 valence electrons. The van der Waals surface area contributed by atoms with Gasteiger partial charge >= 0.3 is 5.97 Å². The summed E-state index contributed by atoms with van der Waals surface area (Å²) in [5.74, 6) is -2.10. The van der Waals surface area contributed by atoms with Crippen molar-refractivity contribution in [2.24, 2.45) is 11.1 Å². The third-order valence-corrected chi connectivity index (χ3v) is 3.23. The lowest BCUT2D eigenvalue weighted by Gasteiger charge is -2.19. The number of rotatable bonds is 5. The van der Waals surface area contributed by atoms with Crippen LogP contribution in [0.15, 0.2) is 42.7 Å². The minimum Gasteiger partial charge on any atom is -0.480 e. The van der Waals surface area contributed by atoms with E-state index in [1.807, 2.05) is 30.3 Å². The number of hydrogen-bond donors (Lipinski definition) is 2. The largest absolute Gasteiger partial charge is 0.480 e. The van der Waals surface area contributed by atoms with Crippen LogP contribution in [-0.2, 0) is 16.0 Å². The highest BCUT2D eigenvalue weighted by Crippen LogP contribution is 2.23. The fourth-order valence-corrected chi connectivity index (χ4v) is 1.85. The summed E-state index contributed by atoms with van der Waals surface area (Å²) in [6.07, 6.45) is 3.24. The number of aliphatic carboxylic acids is 1. The molecule has 1 amide bonds. The predicted molar refractivity (Wildman–Crippen MR) is 72.2 cm³/mol. The van der Waals surface area contributed by atoms with Crippen molar-refractivity contribution in [2.75, 3.05) is 0 Å². The van der Waals surface area contributed by atoms with E-state index in [2.05, 4.69) is 5.10 Å². The first-order chi connectivity index (χ1) is 9.43. The molecule has 1 aromatic carbocycles. The van der Waals surface area contributed by atoms with E-state index >= 15 is 0 Å². The van der Waals surface area contributed by atoms with E-state index in [4.69, 9.17) is 10.8 Å². The van der Waals surface area contributed by atoms with Gasteiger partial charge in [-0.1, -0.05) is 18.2 Å². The van der Waals surface area contributed by atoms with Crippen molar-refractivity contribution >= 4 is 11.9 Å². The van der Waals surface area contributed by atoms with Crippen LogP contribution in [0.4, 0.5) is 0 Å². The molecule has 1 aromatic heterocycles. The zero-order valence-corrected chi connectivity index (χ0v) is 11.0. The number of amides is 1. The van der Waals surface area contributed by atoms with Crippen molar-refractivity contribution in [3.05, 3.63) is 48.3 Å². The second-order valence-corrected chi connectivity index (χ2v) is 4.81. The molecule has 20 heavy (non-hydrogen) atoms. The van der Waals surface area contributed by atoms with Crippen molar-refractivity contribution in [3.63, 3.8) is 0 Å². The number of para-hydroxylation sites is 1. The molecule has 0 saturated carbocycles. The Balaban J connectivity index is 2.26. The first-order valence-corrected chi connectivity index (χ1v) is 6.06. The van der Waals surface area contributed by atoms with Gasteiger partial charge in [0.2, 0.25) is 5.91 Å². The smallest absolute Gasteiger partial charge is 0.319 e. The van der Waals surface area contributed by atoms with E-state index in [9.17, 15) is 9.59 Å². The summed E-state index contributed by atoms with van der Waals surface area (Å²) >= 11 is 0. The molecule has 1 atom stereocenters. The fraction of sp³-hybridized carbons (Fsp3) is 0.214. The second-order valence-electron chi connectivity index (χ2n) is 4.81. The van der Waals surface area contributed by atoms with Crippen LogP contribution in [0.1, 0.15) is 12.5 Å². The number of carboxylic acids is 1. The van der Waals surface area contributed by atoms with Gasteiger partial charge < -0.3 is 10.8 Å². The highest BCUT2D eigenvalue weighted by Gasteiger charge is 2.40. The van der Waals surface area contributed by atoms with E-state index in [0.29, 0.717) is 5.56 Å². The maximum Gasteiger partial charge on any atom is 0.319 e. The van der Waals surface area contributed by atoms with E-state index in [1.54, 1.807) is 10.9 Å². The molecule has 0 bridgehead atoms. The van der Waals surface area contributed by atoms with E-state index in [-0.39, 0.29) is 6.42 Å². The van der Waals surface area contributed by atoms with Gasteiger partial charge in [-0.25, -0.2) is 4.68 Å². The topological polar surface area (TPSA) is 98.2 Å². The molecule has 3 N–H and O–H groups in total. The maximum absolute atomic E-state index is 11.4. The fourth-order valence-electron chi connectivity index (χ4n) is 1.85. The van der Waals surface area contributed by atoms with Crippen molar-refractivity contribution in [1.82, 2.24) is 9.78 Å². The van der Waals surface area contributed by atoms with Gasteiger partial charge in [-0.15, -0.1) is 0 Å². The van der Waals surface area contributed by atoms with Gasteiger partial charge in [-0.2, -0.15) is 5.10 Å². The average molecular weight is 273 g/mol. The monoisotopic (exact) mass is 273 g/mol. The molecular weight excluding hydrogens is 258 g/mol. The number of carbonyl (C=O) groups excluding carboxylic acids is 1. The molecule has 0 fully saturated rings. The van der Waals surface area contributed by atoms with Gasteiger partial charge in [0.25, 0.3) is 0 Å². The van der Waals surface area contributed by atoms with Gasteiger partial charge in [0, 0.05) is 12.6 Å². The summed E-state index contributed by atoms with van der Waals surface area (Å²) in [7, 11) is 0. The first kappa shape index (κ1) is 13.8. The number of carbonyl (C=O) groups is 2. The Morgan fingerprint density at radius 3 is 2.55 bits per heavy atom. The van der Waals surface area contributed by atoms with Crippen molar-refractivity contribution < 1.29 is 14.7 Å². The number of primary amides is 1. The molecule has 2 rings (SSSR count). The van der Waals surface area contributed by atoms with Crippen molar-refractivity contribution in [3.8, 4) is 5.69 Å². The van der Waals surface area contributed by atoms with Crippen LogP contribution in [0.25, 0.3) is 5.69 Å².